The highest BCUT2D eigenvalue weighted by Gasteiger charge is 2.43. The minimum absolute atomic E-state index is 0.529. The maximum Gasteiger partial charge on any atom is 0.175 e. The van der Waals surface area contributed by atoms with E-state index in [1.807, 2.05) is 36.1 Å². The van der Waals surface area contributed by atoms with Crippen molar-refractivity contribution < 1.29 is 5.11 Å². The number of hydrogen-bond donors (Lipinski definition) is 1. The minimum atomic E-state index is -1.06. The lowest BCUT2D eigenvalue weighted by Gasteiger charge is -2.33. The molecule has 1 aromatic carbocycles. The number of nitrogens with zero attached hydrogens (tertiary/aromatic N) is 3. The number of pyridine rings is 1. The van der Waals surface area contributed by atoms with Crippen LogP contribution in [0.15, 0.2) is 53.8 Å². The maximum absolute atomic E-state index is 11.1. The molecule has 1 aromatic heterocycles. The third-order valence-electron chi connectivity index (χ3n) is 3.57. The molecule has 114 valence electrons. The SMILES string of the molecule is CCN1C(=Nc2cccnc2)SC[C@]1(O)c1ccc(Cl)cc1. The second-order valence-corrected chi connectivity index (χ2v) is 6.34. The molecule has 1 aliphatic heterocycles. The minimum Gasteiger partial charge on any atom is -0.366 e. The third kappa shape index (κ3) is 2.84. The molecule has 0 amide bonds. The maximum atomic E-state index is 11.1. The molecule has 0 aliphatic carbocycles. The molecular formula is C16H16ClN3OS. The fraction of sp³-hybridized carbons (Fsp3) is 0.250. The number of benzene rings is 1. The summed E-state index contributed by atoms with van der Waals surface area (Å²) in [6.07, 6.45) is 3.42. The van der Waals surface area contributed by atoms with Gasteiger partial charge in [-0.25, -0.2) is 4.99 Å². The Labute approximate surface area is 138 Å². The number of aromatic nitrogens is 1. The van der Waals surface area contributed by atoms with Crippen LogP contribution in [0.5, 0.6) is 0 Å². The zero-order chi connectivity index (χ0) is 15.6. The summed E-state index contributed by atoms with van der Waals surface area (Å²) in [4.78, 5) is 10.6. The average Bonchev–Trinajstić information content (AvgIpc) is 2.86. The Balaban J connectivity index is 1.95. The molecule has 1 N–H and O–H groups in total. The Morgan fingerprint density at radius 2 is 2.14 bits per heavy atom. The fourth-order valence-corrected chi connectivity index (χ4v) is 3.84. The number of thioether (sulfide) groups is 1. The lowest BCUT2D eigenvalue weighted by molar-refractivity contribution is -0.0452. The number of aliphatic imine (C=N–C) groups is 1. The van der Waals surface area contributed by atoms with Crippen LogP contribution in [-0.2, 0) is 5.72 Å². The molecule has 1 atom stereocenters. The van der Waals surface area contributed by atoms with Crippen LogP contribution in [0.2, 0.25) is 5.02 Å². The standard InChI is InChI=1S/C16H16ClN3OS/c1-2-20-15(19-14-4-3-9-18-10-14)22-11-16(20,21)12-5-7-13(17)8-6-12/h3-10,21H,2,11H2,1H3/t16-/m0/s1. The van der Waals surface area contributed by atoms with Gasteiger partial charge in [-0.2, -0.15) is 0 Å². The highest BCUT2D eigenvalue weighted by Crippen LogP contribution is 2.39. The molecule has 0 spiro atoms. The van der Waals surface area contributed by atoms with Crippen LogP contribution >= 0.6 is 23.4 Å². The number of rotatable bonds is 3. The summed E-state index contributed by atoms with van der Waals surface area (Å²) in [5, 5.41) is 12.6. The number of amidine groups is 1. The molecular weight excluding hydrogens is 318 g/mol. The lowest BCUT2D eigenvalue weighted by Crippen LogP contribution is -2.44. The van der Waals surface area contributed by atoms with Gasteiger partial charge in [-0.15, -0.1) is 0 Å². The van der Waals surface area contributed by atoms with E-state index in [0.29, 0.717) is 17.3 Å². The van der Waals surface area contributed by atoms with Crippen molar-refractivity contribution in [2.24, 2.45) is 4.99 Å². The van der Waals surface area contributed by atoms with Gasteiger partial charge in [0.25, 0.3) is 0 Å². The summed E-state index contributed by atoms with van der Waals surface area (Å²) in [6, 6.07) is 11.1. The van der Waals surface area contributed by atoms with Gasteiger partial charge in [0.15, 0.2) is 10.9 Å². The molecule has 2 aromatic rings. The van der Waals surface area contributed by atoms with E-state index < -0.39 is 5.72 Å². The number of aliphatic hydroxyl groups is 1. The van der Waals surface area contributed by atoms with Gasteiger partial charge in [-0.05, 0) is 31.2 Å². The van der Waals surface area contributed by atoms with Crippen LogP contribution in [0, 0.1) is 0 Å². The first-order valence-corrected chi connectivity index (χ1v) is 8.37. The van der Waals surface area contributed by atoms with E-state index >= 15 is 0 Å². The molecule has 3 rings (SSSR count). The summed E-state index contributed by atoms with van der Waals surface area (Å²) < 4.78 is 0. The second kappa shape index (κ2) is 6.28. The van der Waals surface area contributed by atoms with Gasteiger partial charge in [0.2, 0.25) is 0 Å². The normalized spacial score (nSPS) is 23.2. The summed E-state index contributed by atoms with van der Waals surface area (Å²) in [7, 11) is 0. The third-order valence-corrected chi connectivity index (χ3v) is 4.94. The fourth-order valence-electron chi connectivity index (χ4n) is 2.46. The van der Waals surface area contributed by atoms with Crippen LogP contribution in [0.1, 0.15) is 12.5 Å². The molecule has 0 saturated carbocycles. The first-order chi connectivity index (χ1) is 10.6. The van der Waals surface area contributed by atoms with Gasteiger partial charge in [0.1, 0.15) is 0 Å². The Bertz CT molecular complexity index is 678. The predicted octanol–water partition coefficient (Wildman–Crippen LogP) is 3.64. The van der Waals surface area contributed by atoms with Crippen molar-refractivity contribution in [1.82, 2.24) is 9.88 Å². The van der Waals surface area contributed by atoms with Crippen molar-refractivity contribution in [3.63, 3.8) is 0 Å². The molecule has 0 radical (unpaired) electrons. The summed E-state index contributed by atoms with van der Waals surface area (Å²) in [5.41, 5.74) is 0.539. The molecule has 1 saturated heterocycles. The molecule has 22 heavy (non-hydrogen) atoms. The van der Waals surface area contributed by atoms with Crippen molar-refractivity contribution in [2.45, 2.75) is 12.6 Å². The molecule has 1 aliphatic rings. The van der Waals surface area contributed by atoms with E-state index in [2.05, 4.69) is 9.98 Å². The second-order valence-electron chi connectivity index (χ2n) is 4.96. The highest BCUT2D eigenvalue weighted by molar-refractivity contribution is 8.14. The van der Waals surface area contributed by atoms with Crippen molar-refractivity contribution >= 4 is 34.2 Å². The first-order valence-electron chi connectivity index (χ1n) is 7.01. The number of halogens is 1. The quantitative estimate of drug-likeness (QED) is 0.931. The predicted molar refractivity (Wildman–Crippen MR) is 91.5 cm³/mol. The van der Waals surface area contributed by atoms with Crippen LogP contribution in [0.4, 0.5) is 5.69 Å². The van der Waals surface area contributed by atoms with E-state index in [1.165, 1.54) is 0 Å². The van der Waals surface area contributed by atoms with Crippen molar-refractivity contribution in [3.8, 4) is 0 Å². The van der Waals surface area contributed by atoms with Gasteiger partial charge in [-0.1, -0.05) is 35.5 Å². The van der Waals surface area contributed by atoms with Gasteiger partial charge >= 0.3 is 0 Å². The zero-order valence-electron chi connectivity index (χ0n) is 12.1. The summed E-state index contributed by atoms with van der Waals surface area (Å²) in [5.74, 6) is 0.529. The Morgan fingerprint density at radius 1 is 1.36 bits per heavy atom. The van der Waals surface area contributed by atoms with Crippen LogP contribution < -0.4 is 0 Å². The lowest BCUT2D eigenvalue weighted by atomic mass is 10.0. The number of hydrogen-bond acceptors (Lipinski definition) is 4. The van der Waals surface area contributed by atoms with Gasteiger partial charge < -0.3 is 10.0 Å². The Hall–Kier alpha value is -1.56. The first kappa shape index (κ1) is 15.3. The largest absolute Gasteiger partial charge is 0.366 e. The van der Waals surface area contributed by atoms with Crippen molar-refractivity contribution in [2.75, 3.05) is 12.3 Å². The topological polar surface area (TPSA) is 48.7 Å². The van der Waals surface area contributed by atoms with Crippen LogP contribution in [-0.4, -0.2) is 32.5 Å². The molecule has 0 bridgehead atoms. The van der Waals surface area contributed by atoms with Crippen molar-refractivity contribution in [3.05, 3.63) is 59.4 Å². The Morgan fingerprint density at radius 3 is 2.77 bits per heavy atom. The van der Waals surface area contributed by atoms with E-state index in [1.54, 1.807) is 36.3 Å². The van der Waals surface area contributed by atoms with Gasteiger partial charge in [-0.3, -0.25) is 4.98 Å². The molecule has 2 heterocycles. The van der Waals surface area contributed by atoms with Crippen molar-refractivity contribution in [1.29, 1.82) is 0 Å². The summed E-state index contributed by atoms with van der Waals surface area (Å²) in [6.45, 7) is 2.66. The monoisotopic (exact) mass is 333 g/mol. The Kier molecular flexibility index (Phi) is 4.38. The molecule has 4 nitrogen and oxygen atoms in total. The van der Waals surface area contributed by atoms with E-state index in [0.717, 1.165) is 16.4 Å². The van der Waals surface area contributed by atoms with Gasteiger partial charge in [0, 0.05) is 23.3 Å². The smallest absolute Gasteiger partial charge is 0.175 e. The van der Waals surface area contributed by atoms with Crippen LogP contribution in [0.3, 0.4) is 0 Å². The molecule has 6 heteroatoms. The van der Waals surface area contributed by atoms with Gasteiger partial charge in [0.05, 0.1) is 17.6 Å². The van der Waals surface area contributed by atoms with E-state index in [-0.39, 0.29) is 0 Å². The van der Waals surface area contributed by atoms with Crippen LogP contribution in [0.25, 0.3) is 0 Å². The summed E-state index contributed by atoms with van der Waals surface area (Å²) >= 11 is 7.48. The highest BCUT2D eigenvalue weighted by atomic mass is 35.5. The average molecular weight is 334 g/mol. The van der Waals surface area contributed by atoms with E-state index in [4.69, 9.17) is 11.6 Å². The van der Waals surface area contributed by atoms with E-state index in [9.17, 15) is 5.11 Å². The zero-order valence-corrected chi connectivity index (χ0v) is 13.7. The molecule has 0 unspecified atom stereocenters. The molecule has 1 fully saturated rings.